The molecule has 0 aliphatic rings. The van der Waals surface area contributed by atoms with Crippen molar-refractivity contribution in [3.8, 4) is 0 Å². The molecule has 0 unspecified atom stereocenters. The Morgan fingerprint density at radius 1 is 1.24 bits per heavy atom. The van der Waals surface area contributed by atoms with Crippen LogP contribution in [0, 0.1) is 0 Å². The second kappa shape index (κ2) is 5.90. The molecule has 2 rings (SSSR count). The van der Waals surface area contributed by atoms with E-state index in [2.05, 4.69) is 9.97 Å². The standard InChI is InChI=1S/C14H12F3N3O/c1-20(9-10-3-2-6-18-7-10)13(21)11-4-5-12(19-8-11)14(15,16)17/h2-8H,9H2,1H3. The van der Waals surface area contributed by atoms with Gasteiger partial charge in [-0.25, -0.2) is 0 Å². The summed E-state index contributed by atoms with van der Waals surface area (Å²) in [6, 6.07) is 5.47. The van der Waals surface area contributed by atoms with Gasteiger partial charge in [-0.15, -0.1) is 0 Å². The number of carbonyl (C=O) groups is 1. The van der Waals surface area contributed by atoms with Crippen molar-refractivity contribution < 1.29 is 18.0 Å². The number of hydrogen-bond acceptors (Lipinski definition) is 3. The molecule has 0 aliphatic heterocycles. The molecule has 4 nitrogen and oxygen atoms in total. The van der Waals surface area contributed by atoms with Gasteiger partial charge in [0.25, 0.3) is 5.91 Å². The van der Waals surface area contributed by atoms with E-state index in [1.165, 1.54) is 4.90 Å². The highest BCUT2D eigenvalue weighted by Crippen LogP contribution is 2.27. The van der Waals surface area contributed by atoms with Gasteiger partial charge >= 0.3 is 6.18 Å². The summed E-state index contributed by atoms with van der Waals surface area (Å²) in [6.45, 7) is 0.313. The average molecular weight is 295 g/mol. The molecular formula is C14H12F3N3O. The van der Waals surface area contributed by atoms with Crippen LogP contribution in [-0.4, -0.2) is 27.8 Å². The average Bonchev–Trinajstić information content (AvgIpc) is 2.46. The van der Waals surface area contributed by atoms with Crippen LogP contribution in [0.25, 0.3) is 0 Å². The minimum absolute atomic E-state index is 0.106. The molecule has 0 radical (unpaired) electrons. The van der Waals surface area contributed by atoms with Gasteiger partial charge in [0.05, 0.1) is 5.56 Å². The van der Waals surface area contributed by atoms with Crippen LogP contribution in [0.15, 0.2) is 42.9 Å². The molecule has 0 saturated carbocycles. The molecule has 2 aromatic heterocycles. The largest absolute Gasteiger partial charge is 0.433 e. The molecule has 0 N–H and O–H groups in total. The predicted octanol–water partition coefficient (Wildman–Crippen LogP) is 2.77. The van der Waals surface area contributed by atoms with Crippen molar-refractivity contribution in [3.63, 3.8) is 0 Å². The normalized spacial score (nSPS) is 11.2. The van der Waals surface area contributed by atoms with Crippen LogP contribution in [0.4, 0.5) is 13.2 Å². The first-order chi connectivity index (χ1) is 9.88. The molecule has 0 aromatic carbocycles. The van der Waals surface area contributed by atoms with Crippen molar-refractivity contribution >= 4 is 5.91 Å². The summed E-state index contributed by atoms with van der Waals surface area (Å²) in [6.07, 6.45) is -0.339. The van der Waals surface area contributed by atoms with Crippen molar-refractivity contribution in [3.05, 3.63) is 59.7 Å². The molecule has 2 aromatic rings. The van der Waals surface area contributed by atoms with E-state index in [4.69, 9.17) is 0 Å². The summed E-state index contributed by atoms with van der Waals surface area (Å²) >= 11 is 0. The Labute approximate surface area is 119 Å². The quantitative estimate of drug-likeness (QED) is 0.874. The number of aromatic nitrogens is 2. The van der Waals surface area contributed by atoms with Crippen LogP contribution in [0.1, 0.15) is 21.6 Å². The monoisotopic (exact) mass is 295 g/mol. The molecule has 110 valence electrons. The van der Waals surface area contributed by atoms with Crippen molar-refractivity contribution in [1.29, 1.82) is 0 Å². The van der Waals surface area contributed by atoms with Gasteiger partial charge in [-0.05, 0) is 23.8 Å². The molecule has 0 spiro atoms. The first kappa shape index (κ1) is 15.0. The third-order valence-electron chi connectivity index (χ3n) is 2.79. The van der Waals surface area contributed by atoms with Crippen LogP contribution >= 0.6 is 0 Å². The highest BCUT2D eigenvalue weighted by atomic mass is 19.4. The van der Waals surface area contributed by atoms with E-state index in [1.54, 1.807) is 25.5 Å². The zero-order chi connectivity index (χ0) is 15.5. The topological polar surface area (TPSA) is 46.1 Å². The summed E-state index contributed by atoms with van der Waals surface area (Å²) in [5.74, 6) is -0.403. The number of alkyl halides is 3. The van der Waals surface area contributed by atoms with E-state index in [9.17, 15) is 18.0 Å². The Kier molecular flexibility index (Phi) is 4.21. The summed E-state index contributed by atoms with van der Waals surface area (Å²) in [5, 5.41) is 0. The molecule has 0 atom stereocenters. The number of pyridine rings is 2. The second-order valence-corrected chi connectivity index (χ2v) is 4.45. The van der Waals surface area contributed by atoms with Crippen molar-refractivity contribution in [2.24, 2.45) is 0 Å². The number of carbonyl (C=O) groups excluding carboxylic acids is 1. The van der Waals surface area contributed by atoms with E-state index in [1.807, 2.05) is 6.07 Å². The van der Waals surface area contributed by atoms with Crippen LogP contribution < -0.4 is 0 Å². The lowest BCUT2D eigenvalue weighted by atomic mass is 10.2. The third-order valence-corrected chi connectivity index (χ3v) is 2.79. The lowest BCUT2D eigenvalue weighted by Crippen LogP contribution is -2.26. The van der Waals surface area contributed by atoms with Gasteiger partial charge in [0.2, 0.25) is 0 Å². The fourth-order valence-electron chi connectivity index (χ4n) is 1.75. The zero-order valence-electron chi connectivity index (χ0n) is 11.1. The van der Waals surface area contributed by atoms with Gasteiger partial charge in [-0.2, -0.15) is 13.2 Å². The van der Waals surface area contributed by atoms with E-state index >= 15 is 0 Å². The molecule has 2 heterocycles. The Hall–Kier alpha value is -2.44. The van der Waals surface area contributed by atoms with Crippen LogP contribution in [0.3, 0.4) is 0 Å². The van der Waals surface area contributed by atoms with Crippen molar-refractivity contribution in [2.75, 3.05) is 7.05 Å². The Balaban J connectivity index is 2.09. The van der Waals surface area contributed by atoms with Crippen molar-refractivity contribution in [1.82, 2.24) is 14.9 Å². The number of amides is 1. The molecule has 0 aliphatic carbocycles. The minimum atomic E-state index is -4.51. The first-order valence-corrected chi connectivity index (χ1v) is 6.05. The predicted molar refractivity (Wildman–Crippen MR) is 69.3 cm³/mol. The molecule has 0 bridgehead atoms. The molecule has 0 saturated heterocycles. The maximum atomic E-state index is 12.4. The van der Waals surface area contributed by atoms with Gasteiger partial charge < -0.3 is 4.90 Å². The Morgan fingerprint density at radius 2 is 2.00 bits per heavy atom. The summed E-state index contributed by atoms with van der Waals surface area (Å²) in [7, 11) is 1.56. The number of halogens is 3. The Bertz CT molecular complexity index is 612. The fourth-order valence-corrected chi connectivity index (χ4v) is 1.75. The van der Waals surface area contributed by atoms with Gasteiger partial charge in [0.15, 0.2) is 0 Å². The van der Waals surface area contributed by atoms with Crippen LogP contribution in [0.5, 0.6) is 0 Å². The van der Waals surface area contributed by atoms with Gasteiger partial charge in [-0.3, -0.25) is 14.8 Å². The summed E-state index contributed by atoms with van der Waals surface area (Å²) < 4.78 is 37.2. The zero-order valence-corrected chi connectivity index (χ0v) is 11.1. The highest BCUT2D eigenvalue weighted by molar-refractivity contribution is 5.93. The van der Waals surface area contributed by atoms with Gasteiger partial charge in [0, 0.05) is 32.2 Å². The number of rotatable bonds is 3. The maximum absolute atomic E-state index is 12.4. The fraction of sp³-hybridized carbons (Fsp3) is 0.214. The Morgan fingerprint density at radius 3 is 2.52 bits per heavy atom. The van der Waals surface area contributed by atoms with Gasteiger partial charge in [0.1, 0.15) is 5.69 Å². The molecule has 0 fully saturated rings. The van der Waals surface area contributed by atoms with E-state index in [0.29, 0.717) is 6.54 Å². The highest BCUT2D eigenvalue weighted by Gasteiger charge is 2.32. The first-order valence-electron chi connectivity index (χ1n) is 6.05. The van der Waals surface area contributed by atoms with Crippen molar-refractivity contribution in [2.45, 2.75) is 12.7 Å². The summed E-state index contributed by atoms with van der Waals surface area (Å²) in [5.41, 5.74) is -0.0865. The smallest absolute Gasteiger partial charge is 0.337 e. The number of nitrogens with zero attached hydrogens (tertiary/aromatic N) is 3. The molecule has 7 heteroatoms. The van der Waals surface area contributed by atoms with Gasteiger partial charge in [-0.1, -0.05) is 6.07 Å². The SMILES string of the molecule is CN(Cc1cccnc1)C(=O)c1ccc(C(F)(F)F)nc1. The van der Waals surface area contributed by atoms with E-state index in [-0.39, 0.29) is 5.56 Å². The van der Waals surface area contributed by atoms with Crippen LogP contribution in [0.2, 0.25) is 0 Å². The molecule has 1 amide bonds. The minimum Gasteiger partial charge on any atom is -0.337 e. The lowest BCUT2D eigenvalue weighted by molar-refractivity contribution is -0.141. The maximum Gasteiger partial charge on any atom is 0.433 e. The summed E-state index contributed by atoms with van der Waals surface area (Å²) in [4.78, 5) is 20.7. The second-order valence-electron chi connectivity index (χ2n) is 4.45. The molecular weight excluding hydrogens is 283 g/mol. The lowest BCUT2D eigenvalue weighted by Gasteiger charge is -2.17. The molecule has 21 heavy (non-hydrogen) atoms. The number of hydrogen-bond donors (Lipinski definition) is 0. The van der Waals surface area contributed by atoms with Crippen LogP contribution in [-0.2, 0) is 12.7 Å². The third kappa shape index (κ3) is 3.77. The van der Waals surface area contributed by atoms with E-state index < -0.39 is 17.8 Å². The van der Waals surface area contributed by atoms with E-state index in [0.717, 1.165) is 23.9 Å².